The normalized spacial score (nSPS) is 10.4. The summed E-state index contributed by atoms with van der Waals surface area (Å²) in [4.78, 5) is 24.7. The van der Waals surface area contributed by atoms with Gasteiger partial charge in [-0.15, -0.1) is 54.1 Å². The van der Waals surface area contributed by atoms with E-state index in [0.717, 1.165) is 55.7 Å². The van der Waals surface area contributed by atoms with Crippen molar-refractivity contribution in [2.24, 2.45) is 0 Å². The van der Waals surface area contributed by atoms with Gasteiger partial charge in [-0.05, 0) is 51.4 Å². The molecule has 1 radical (unpaired) electrons. The number of hydrogen-bond acceptors (Lipinski definition) is 4. The van der Waals surface area contributed by atoms with Crippen LogP contribution in [0.4, 0.5) is 0 Å². The van der Waals surface area contributed by atoms with Gasteiger partial charge in [-0.1, -0.05) is 120 Å². The molecule has 0 fully saturated rings. The van der Waals surface area contributed by atoms with Crippen LogP contribution in [0.25, 0.3) is 66.8 Å². The summed E-state index contributed by atoms with van der Waals surface area (Å²) in [5.41, 5.74) is 9.27. The molecule has 0 aliphatic carbocycles. The van der Waals surface area contributed by atoms with E-state index in [9.17, 15) is 9.90 Å². The number of benzene rings is 5. The molecule has 5 nitrogen and oxygen atoms in total. The Morgan fingerprint density at radius 2 is 1.20 bits per heavy atom. The molecule has 0 saturated heterocycles. The minimum absolute atomic E-state index is 0. The number of aromatic carboxylic acids is 1. The van der Waals surface area contributed by atoms with Gasteiger partial charge in [0.1, 0.15) is 5.69 Å². The summed E-state index contributed by atoms with van der Waals surface area (Å²) in [6.45, 7) is 0. The van der Waals surface area contributed by atoms with Gasteiger partial charge in [-0.2, -0.15) is 0 Å². The molecule has 6 heteroatoms. The Hall–Kier alpha value is -6.07. The van der Waals surface area contributed by atoms with Crippen molar-refractivity contribution in [1.82, 2.24) is 15.0 Å². The number of rotatable bonds is 6. The van der Waals surface area contributed by atoms with Gasteiger partial charge in [0.15, 0.2) is 0 Å². The number of pyridine rings is 3. The van der Waals surface area contributed by atoms with E-state index in [1.807, 2.05) is 103 Å². The molecule has 8 aromatic rings. The molecule has 3 aromatic heterocycles. The molecule has 0 spiro atoms. The topological polar surface area (TPSA) is 76.0 Å². The summed E-state index contributed by atoms with van der Waals surface area (Å²) in [7, 11) is 0. The largest absolute Gasteiger partial charge is 0.477 e. The molecule has 8 rings (SSSR count). The number of carboxylic acids is 1. The van der Waals surface area contributed by atoms with E-state index >= 15 is 0 Å². The fourth-order valence-electron chi connectivity index (χ4n) is 5.62. The van der Waals surface area contributed by atoms with Crippen molar-refractivity contribution in [3.05, 3.63) is 188 Å². The SMILES string of the molecule is O=C(O)c1cc(-c2ccccc2)cc(-c2[c-]cccc2)n1.[Ir].[c-]1c(-c2ccccn2)cc(-c2ccccc2)cc1-c1nccc2ccccc12. The van der Waals surface area contributed by atoms with Crippen molar-refractivity contribution in [3.63, 3.8) is 0 Å². The summed E-state index contributed by atoms with van der Waals surface area (Å²) in [5, 5.41) is 11.6. The third-order valence-corrected chi connectivity index (χ3v) is 7.98. The van der Waals surface area contributed by atoms with E-state index in [4.69, 9.17) is 4.98 Å². The summed E-state index contributed by atoms with van der Waals surface area (Å²) in [5.74, 6) is -1.04. The van der Waals surface area contributed by atoms with Gasteiger partial charge in [-0.3, -0.25) is 15.0 Å². The first-order chi connectivity index (χ1) is 24.1. The molecule has 1 N–H and O–H groups in total. The summed E-state index contributed by atoms with van der Waals surface area (Å²) < 4.78 is 0. The van der Waals surface area contributed by atoms with Crippen LogP contribution in [0, 0.1) is 12.1 Å². The first kappa shape index (κ1) is 33.8. The maximum absolute atomic E-state index is 11.3. The van der Waals surface area contributed by atoms with Gasteiger partial charge in [-0.25, -0.2) is 4.79 Å². The zero-order chi connectivity index (χ0) is 33.4. The van der Waals surface area contributed by atoms with Crippen molar-refractivity contribution in [1.29, 1.82) is 0 Å². The summed E-state index contributed by atoms with van der Waals surface area (Å²) >= 11 is 0. The van der Waals surface area contributed by atoms with E-state index in [2.05, 4.69) is 76.7 Å². The van der Waals surface area contributed by atoms with E-state index in [0.29, 0.717) is 5.69 Å². The second-order valence-corrected chi connectivity index (χ2v) is 11.2. The minimum atomic E-state index is -1.04. The second kappa shape index (κ2) is 15.9. The van der Waals surface area contributed by atoms with Crippen LogP contribution in [0.15, 0.2) is 170 Å². The van der Waals surface area contributed by atoms with Crippen LogP contribution < -0.4 is 0 Å². The van der Waals surface area contributed by atoms with Gasteiger partial charge in [0.05, 0.1) is 0 Å². The smallest absolute Gasteiger partial charge is 0.353 e. The Morgan fingerprint density at radius 3 is 1.88 bits per heavy atom. The Morgan fingerprint density at radius 1 is 0.540 bits per heavy atom. The van der Waals surface area contributed by atoms with Gasteiger partial charge in [0.2, 0.25) is 0 Å². The number of carbonyl (C=O) groups is 1. The van der Waals surface area contributed by atoms with Crippen LogP contribution in [0.3, 0.4) is 0 Å². The Balaban J connectivity index is 0.000000177. The van der Waals surface area contributed by atoms with Crippen LogP contribution >= 0.6 is 0 Å². The maximum atomic E-state index is 11.3. The minimum Gasteiger partial charge on any atom is -0.477 e. The molecule has 0 atom stereocenters. The monoisotopic (exact) mass is 824 g/mol. The van der Waals surface area contributed by atoms with Crippen LogP contribution in [-0.2, 0) is 20.1 Å². The van der Waals surface area contributed by atoms with E-state index in [1.54, 1.807) is 12.1 Å². The molecule has 3 heterocycles. The predicted molar refractivity (Wildman–Crippen MR) is 196 cm³/mol. The zero-order valence-electron chi connectivity index (χ0n) is 26.7. The maximum Gasteiger partial charge on any atom is 0.353 e. The van der Waals surface area contributed by atoms with Crippen LogP contribution in [0.1, 0.15) is 10.5 Å². The molecule has 5 aromatic carbocycles. The molecular weight excluding hydrogens is 795 g/mol. The van der Waals surface area contributed by atoms with Crippen LogP contribution in [0.5, 0.6) is 0 Å². The number of hydrogen-bond donors (Lipinski definition) is 1. The van der Waals surface area contributed by atoms with Gasteiger partial charge < -0.3 is 5.11 Å². The fourth-order valence-corrected chi connectivity index (χ4v) is 5.62. The molecule has 243 valence electrons. The molecule has 0 amide bonds. The van der Waals surface area contributed by atoms with Crippen LogP contribution in [-0.4, -0.2) is 26.0 Å². The molecule has 0 aliphatic rings. The molecular formula is C44H29IrN3O2-2. The fraction of sp³-hybridized carbons (Fsp3) is 0. The van der Waals surface area contributed by atoms with E-state index in [-0.39, 0.29) is 25.8 Å². The van der Waals surface area contributed by atoms with Crippen molar-refractivity contribution in [2.75, 3.05) is 0 Å². The van der Waals surface area contributed by atoms with Crippen molar-refractivity contribution < 1.29 is 30.0 Å². The summed E-state index contributed by atoms with van der Waals surface area (Å²) in [6.07, 6.45) is 3.68. The standard InChI is InChI=1S/C26H17N2.C18H12NO2.Ir/c1-2-8-19(9-3-1)21-16-22(25-12-6-7-14-27-25)18-23(17-21)26-24-11-5-4-10-20(24)13-15-28-26;20-18(21)17-12-15(13-7-3-1-4-8-13)11-16(19-17)14-9-5-2-6-10-14;/h1-17H;1-9,11-12H,(H,20,21);/q2*-1;. The number of fused-ring (bicyclic) bond motifs is 1. The molecule has 50 heavy (non-hydrogen) atoms. The van der Waals surface area contributed by atoms with Crippen molar-refractivity contribution in [3.8, 4) is 56.0 Å². The van der Waals surface area contributed by atoms with Crippen molar-refractivity contribution in [2.45, 2.75) is 0 Å². The average molecular weight is 824 g/mol. The van der Waals surface area contributed by atoms with Crippen LogP contribution in [0.2, 0.25) is 0 Å². The second-order valence-electron chi connectivity index (χ2n) is 11.2. The molecule has 0 saturated carbocycles. The Bertz CT molecular complexity index is 2230. The number of aromatic nitrogens is 3. The predicted octanol–water partition coefficient (Wildman–Crippen LogP) is 10.3. The third kappa shape index (κ3) is 7.79. The number of carboxylic acid groups (broad SMARTS) is 1. The Labute approximate surface area is 304 Å². The van der Waals surface area contributed by atoms with E-state index in [1.165, 1.54) is 5.39 Å². The van der Waals surface area contributed by atoms with Crippen molar-refractivity contribution >= 4 is 16.7 Å². The van der Waals surface area contributed by atoms with E-state index < -0.39 is 5.97 Å². The first-order valence-electron chi connectivity index (χ1n) is 15.8. The van der Waals surface area contributed by atoms with Gasteiger partial charge >= 0.3 is 5.97 Å². The summed E-state index contributed by atoms with van der Waals surface area (Å²) in [6, 6.07) is 58.2. The third-order valence-electron chi connectivity index (χ3n) is 7.98. The van der Waals surface area contributed by atoms with Gasteiger partial charge in [0.25, 0.3) is 0 Å². The zero-order valence-corrected chi connectivity index (χ0v) is 29.1. The van der Waals surface area contributed by atoms with Gasteiger partial charge in [0, 0.05) is 43.9 Å². The Kier molecular flexibility index (Phi) is 10.7. The molecule has 0 bridgehead atoms. The molecule has 0 aliphatic heterocycles. The first-order valence-corrected chi connectivity index (χ1v) is 15.8. The average Bonchev–Trinajstić information content (AvgIpc) is 3.19. The molecule has 0 unspecified atom stereocenters. The number of nitrogens with zero attached hydrogens (tertiary/aromatic N) is 3. The quantitative estimate of drug-likeness (QED) is 0.169.